The number of aromatic nitrogens is 4. The van der Waals surface area contributed by atoms with Gasteiger partial charge in [-0.3, -0.25) is 14.3 Å². The van der Waals surface area contributed by atoms with E-state index in [1.165, 1.54) is 12.7 Å². The van der Waals surface area contributed by atoms with Gasteiger partial charge < -0.3 is 29.0 Å². The highest BCUT2D eigenvalue weighted by atomic mass is 16.6. The fourth-order valence-electron chi connectivity index (χ4n) is 5.87. The second kappa shape index (κ2) is 13.1. The van der Waals surface area contributed by atoms with Gasteiger partial charge in [0.25, 0.3) is 5.56 Å². The molecule has 1 fully saturated rings. The van der Waals surface area contributed by atoms with Crippen LogP contribution in [0.2, 0.25) is 0 Å². The number of fused-ring (bicyclic) bond motifs is 1. The Morgan fingerprint density at radius 1 is 1.04 bits per heavy atom. The fourth-order valence-corrected chi connectivity index (χ4v) is 5.87. The maximum absolute atomic E-state index is 12.7. The van der Waals surface area contributed by atoms with Gasteiger partial charge in [-0.15, -0.1) is 0 Å². The number of aliphatic hydroxyl groups is 1. The molecule has 6 rings (SSSR count). The zero-order valence-corrected chi connectivity index (χ0v) is 26.0. The summed E-state index contributed by atoms with van der Waals surface area (Å²) in [7, 11) is 6.83. The van der Waals surface area contributed by atoms with Gasteiger partial charge in [0, 0.05) is 26.1 Å². The lowest BCUT2D eigenvalue weighted by molar-refractivity contribution is -0.0855. The minimum absolute atomic E-state index is 0.108. The van der Waals surface area contributed by atoms with Crippen molar-refractivity contribution in [1.29, 1.82) is 0 Å². The standard InChI is InChI=1S/C34H36N6O6/c1-39(2)20-36-33-37-30-28(31(42)38-33)35-21-40(30)32-26(41)18-24(46-32)19-45-34(22-12-7-5-8-13-22,23-14-9-6-10-15-23)25-16-11-17-27(43-3)29(25)44-4/h5-17,20-21,24,26,32,41H,18-19H2,1-4H3,(H,37,38,42). The topological polar surface area (TPSA) is 136 Å². The monoisotopic (exact) mass is 624 g/mol. The predicted molar refractivity (Wildman–Crippen MR) is 173 cm³/mol. The number of aromatic amines is 1. The van der Waals surface area contributed by atoms with Crippen LogP contribution in [0.25, 0.3) is 11.2 Å². The largest absolute Gasteiger partial charge is 0.493 e. The van der Waals surface area contributed by atoms with Gasteiger partial charge >= 0.3 is 0 Å². The molecule has 46 heavy (non-hydrogen) atoms. The number of aliphatic hydroxyl groups excluding tert-OH is 1. The molecule has 0 saturated carbocycles. The summed E-state index contributed by atoms with van der Waals surface area (Å²) in [6, 6.07) is 25.5. The third kappa shape index (κ3) is 5.73. The molecule has 0 bridgehead atoms. The summed E-state index contributed by atoms with van der Waals surface area (Å²) in [5.74, 6) is 1.22. The third-order valence-corrected chi connectivity index (χ3v) is 7.90. The lowest BCUT2D eigenvalue weighted by Gasteiger charge is -2.37. The Balaban J connectivity index is 1.37. The summed E-state index contributed by atoms with van der Waals surface area (Å²) in [6.45, 7) is 0.108. The number of methoxy groups -OCH3 is 2. The third-order valence-electron chi connectivity index (χ3n) is 7.90. The summed E-state index contributed by atoms with van der Waals surface area (Å²) in [6.07, 6.45) is 0.954. The Morgan fingerprint density at radius 2 is 1.74 bits per heavy atom. The van der Waals surface area contributed by atoms with Crippen molar-refractivity contribution in [3.05, 3.63) is 112 Å². The first kappa shape index (κ1) is 31.0. The molecule has 5 aromatic rings. The first-order chi connectivity index (χ1) is 22.3. The van der Waals surface area contributed by atoms with Gasteiger partial charge in [-0.1, -0.05) is 72.8 Å². The molecule has 12 heteroatoms. The van der Waals surface area contributed by atoms with Gasteiger partial charge in [0.05, 0.1) is 39.6 Å². The predicted octanol–water partition coefficient (Wildman–Crippen LogP) is 4.02. The van der Waals surface area contributed by atoms with E-state index in [9.17, 15) is 9.90 Å². The van der Waals surface area contributed by atoms with Gasteiger partial charge in [0.15, 0.2) is 28.9 Å². The number of para-hydroxylation sites is 1. The Kier molecular flexibility index (Phi) is 8.84. The molecule has 0 radical (unpaired) electrons. The molecule has 2 N–H and O–H groups in total. The second-order valence-electron chi connectivity index (χ2n) is 11.1. The summed E-state index contributed by atoms with van der Waals surface area (Å²) in [5.41, 5.74) is 1.29. The number of nitrogens with one attached hydrogen (secondary N) is 1. The highest BCUT2D eigenvalue weighted by molar-refractivity contribution is 5.71. The van der Waals surface area contributed by atoms with Crippen LogP contribution in [0, 0.1) is 0 Å². The molecule has 1 saturated heterocycles. The average Bonchev–Trinajstić information content (AvgIpc) is 3.67. The van der Waals surface area contributed by atoms with Gasteiger partial charge in [0.1, 0.15) is 11.7 Å². The number of hydrogen-bond donors (Lipinski definition) is 2. The van der Waals surface area contributed by atoms with E-state index in [2.05, 4.69) is 19.9 Å². The Bertz CT molecular complexity index is 1830. The van der Waals surface area contributed by atoms with Crippen molar-refractivity contribution in [2.75, 3.05) is 34.9 Å². The molecular formula is C34H36N6O6. The van der Waals surface area contributed by atoms with Crippen molar-refractivity contribution in [2.45, 2.75) is 30.5 Å². The van der Waals surface area contributed by atoms with Crippen molar-refractivity contribution in [2.24, 2.45) is 4.99 Å². The van der Waals surface area contributed by atoms with Crippen LogP contribution in [0.15, 0.2) is 95.0 Å². The average molecular weight is 625 g/mol. The lowest BCUT2D eigenvalue weighted by Crippen LogP contribution is -2.36. The lowest BCUT2D eigenvalue weighted by atomic mass is 9.79. The number of nitrogens with zero attached hydrogens (tertiary/aromatic N) is 5. The zero-order valence-electron chi connectivity index (χ0n) is 26.0. The summed E-state index contributed by atoms with van der Waals surface area (Å²) < 4.78 is 26.6. The first-order valence-electron chi connectivity index (χ1n) is 14.8. The quantitative estimate of drug-likeness (QED) is 0.127. The Labute approximate surface area is 265 Å². The molecule has 0 amide bonds. The molecule has 1 aliphatic heterocycles. The molecule has 0 spiro atoms. The van der Waals surface area contributed by atoms with Crippen molar-refractivity contribution >= 4 is 23.5 Å². The molecule has 3 heterocycles. The molecule has 3 atom stereocenters. The van der Waals surface area contributed by atoms with Crippen LogP contribution in [0.5, 0.6) is 11.5 Å². The molecule has 12 nitrogen and oxygen atoms in total. The summed E-state index contributed by atoms with van der Waals surface area (Å²) >= 11 is 0. The minimum atomic E-state index is -1.13. The van der Waals surface area contributed by atoms with Gasteiger partial charge in [-0.05, 0) is 17.2 Å². The van der Waals surface area contributed by atoms with Gasteiger partial charge in [0.2, 0.25) is 5.95 Å². The van der Waals surface area contributed by atoms with E-state index in [0.29, 0.717) is 11.5 Å². The van der Waals surface area contributed by atoms with Crippen LogP contribution < -0.4 is 15.0 Å². The Hall–Kier alpha value is -5.04. The number of hydrogen-bond acceptors (Lipinski definition) is 9. The number of aliphatic imine (C=N–C) groups is 1. The molecule has 3 aromatic carbocycles. The van der Waals surface area contributed by atoms with Gasteiger partial charge in [-0.25, -0.2) is 9.98 Å². The van der Waals surface area contributed by atoms with Crippen molar-refractivity contribution in [1.82, 2.24) is 24.4 Å². The number of benzene rings is 3. The maximum atomic E-state index is 12.7. The van der Waals surface area contributed by atoms with E-state index in [-0.39, 0.29) is 30.1 Å². The fraction of sp³-hybridized carbons (Fsp3) is 0.294. The van der Waals surface area contributed by atoms with Crippen molar-refractivity contribution in [3.8, 4) is 11.5 Å². The smallest absolute Gasteiger partial charge is 0.280 e. The number of H-pyrrole nitrogens is 1. The second-order valence-corrected chi connectivity index (χ2v) is 11.1. The minimum Gasteiger partial charge on any atom is -0.493 e. The highest BCUT2D eigenvalue weighted by Crippen LogP contribution is 2.48. The van der Waals surface area contributed by atoms with Crippen LogP contribution in [-0.4, -0.2) is 83.0 Å². The van der Waals surface area contributed by atoms with E-state index in [0.717, 1.165) is 16.7 Å². The Morgan fingerprint density at radius 3 is 2.37 bits per heavy atom. The van der Waals surface area contributed by atoms with E-state index >= 15 is 0 Å². The normalized spacial score (nSPS) is 18.3. The number of rotatable bonds is 11. The van der Waals surface area contributed by atoms with Gasteiger partial charge in [-0.2, -0.15) is 4.98 Å². The van der Waals surface area contributed by atoms with E-state index in [4.69, 9.17) is 18.9 Å². The summed E-state index contributed by atoms with van der Waals surface area (Å²) in [4.78, 5) is 30.0. The molecule has 0 aliphatic carbocycles. The SMILES string of the molecule is COc1cccc(C(OCC2CC(O)C(n3cnc4c(=O)[nH]c(N=CN(C)C)nc43)O2)(c2ccccc2)c2ccccc2)c1OC. The summed E-state index contributed by atoms with van der Waals surface area (Å²) in [5, 5.41) is 11.2. The van der Waals surface area contributed by atoms with Crippen LogP contribution >= 0.6 is 0 Å². The number of imidazole rings is 1. The molecular weight excluding hydrogens is 588 g/mol. The highest BCUT2D eigenvalue weighted by Gasteiger charge is 2.43. The van der Waals surface area contributed by atoms with E-state index < -0.39 is 29.6 Å². The zero-order chi connectivity index (χ0) is 32.3. The molecule has 1 aliphatic rings. The number of ether oxygens (including phenoxy) is 4. The molecule has 3 unspecified atom stereocenters. The van der Waals surface area contributed by atoms with Crippen LogP contribution in [0.1, 0.15) is 29.3 Å². The van der Waals surface area contributed by atoms with E-state index in [1.54, 1.807) is 23.7 Å². The van der Waals surface area contributed by atoms with Crippen LogP contribution in [-0.2, 0) is 15.1 Å². The van der Waals surface area contributed by atoms with Crippen LogP contribution in [0.3, 0.4) is 0 Å². The first-order valence-corrected chi connectivity index (χ1v) is 14.8. The van der Waals surface area contributed by atoms with Crippen molar-refractivity contribution < 1.29 is 24.1 Å². The van der Waals surface area contributed by atoms with Crippen molar-refractivity contribution in [3.63, 3.8) is 0 Å². The van der Waals surface area contributed by atoms with E-state index in [1.807, 2.05) is 93.0 Å². The molecule has 238 valence electrons. The maximum Gasteiger partial charge on any atom is 0.280 e. The molecule has 2 aromatic heterocycles. The van der Waals surface area contributed by atoms with Crippen LogP contribution in [0.4, 0.5) is 5.95 Å².